The van der Waals surface area contributed by atoms with Crippen LogP contribution in [0.25, 0.3) is 0 Å². The van der Waals surface area contributed by atoms with Crippen molar-refractivity contribution in [2.75, 3.05) is 6.54 Å². The summed E-state index contributed by atoms with van der Waals surface area (Å²) >= 11 is 0. The lowest BCUT2D eigenvalue weighted by molar-refractivity contribution is -0.137. The number of rotatable bonds is 11. The highest BCUT2D eigenvalue weighted by molar-refractivity contribution is 6.40. The maximum Gasteiger partial charge on any atom is 0.303 e. The fraction of sp³-hybridized carbons (Fsp3) is 0.429. The molecule has 29 heavy (non-hydrogen) atoms. The van der Waals surface area contributed by atoms with E-state index in [9.17, 15) is 14.7 Å². The Balaban J connectivity index is 2.87. The number of allylic oxidation sites excluding steroid dienone is 6. The SMILES string of the molecule is CC(=N/N(C=O)CCCC(=O)O)/C(C)=N/NC1=CC=CCC(/C=C\C(C)C)=C1O. The molecule has 8 nitrogen and oxygen atoms in total. The number of amides is 1. The number of nitrogens with one attached hydrogen (secondary N) is 1. The van der Waals surface area contributed by atoms with Gasteiger partial charge in [-0.15, -0.1) is 0 Å². The van der Waals surface area contributed by atoms with Gasteiger partial charge in [0.25, 0.3) is 0 Å². The molecule has 0 radical (unpaired) electrons. The van der Waals surface area contributed by atoms with Gasteiger partial charge in [-0.25, -0.2) is 5.01 Å². The van der Waals surface area contributed by atoms with Crippen molar-refractivity contribution in [3.8, 4) is 0 Å². The van der Waals surface area contributed by atoms with Crippen LogP contribution in [-0.4, -0.2) is 45.6 Å². The predicted octanol–water partition coefficient (Wildman–Crippen LogP) is 3.52. The predicted molar refractivity (Wildman–Crippen MR) is 114 cm³/mol. The molecule has 0 heterocycles. The molecule has 0 atom stereocenters. The minimum absolute atomic E-state index is 0.0333. The van der Waals surface area contributed by atoms with Crippen LogP contribution in [0.15, 0.2) is 57.6 Å². The van der Waals surface area contributed by atoms with Gasteiger partial charge in [-0.1, -0.05) is 38.2 Å². The number of aliphatic hydroxyl groups is 1. The monoisotopic (exact) mass is 402 g/mol. The average molecular weight is 402 g/mol. The second-order valence-electron chi connectivity index (χ2n) is 6.95. The molecule has 1 aliphatic carbocycles. The molecule has 0 saturated carbocycles. The van der Waals surface area contributed by atoms with Gasteiger partial charge in [0.15, 0.2) is 0 Å². The summed E-state index contributed by atoms with van der Waals surface area (Å²) in [5.74, 6) is -0.417. The Labute approximate surface area is 171 Å². The molecule has 0 fully saturated rings. The average Bonchev–Trinajstić information content (AvgIpc) is 2.84. The number of carboxylic acids is 1. The van der Waals surface area contributed by atoms with Gasteiger partial charge in [-0.2, -0.15) is 10.2 Å². The molecule has 0 spiro atoms. The van der Waals surface area contributed by atoms with Gasteiger partial charge in [-0.3, -0.25) is 15.0 Å². The minimum Gasteiger partial charge on any atom is -0.505 e. The Morgan fingerprint density at radius 2 is 2.07 bits per heavy atom. The van der Waals surface area contributed by atoms with Crippen molar-refractivity contribution in [2.24, 2.45) is 16.1 Å². The summed E-state index contributed by atoms with van der Waals surface area (Å²) in [6.07, 6.45) is 10.9. The molecular formula is C21H30N4O4. The van der Waals surface area contributed by atoms with Gasteiger partial charge in [0.2, 0.25) is 6.41 Å². The van der Waals surface area contributed by atoms with E-state index in [0.29, 0.717) is 42.3 Å². The summed E-state index contributed by atoms with van der Waals surface area (Å²) in [4.78, 5) is 21.7. The standard InChI is InChI=1S/C21H30N4O4/c1-15(2)11-12-18-8-5-6-9-19(21(18)29)23-22-16(3)17(4)24-25(14-26)13-7-10-20(27)28/h5-6,9,11-12,14-15,23,29H,7-8,10,13H2,1-4H3,(H,27,28)/b12-11-,22-16+,24-17-. The molecule has 0 aromatic heterocycles. The van der Waals surface area contributed by atoms with Gasteiger partial charge in [-0.05, 0) is 44.3 Å². The Kier molecular flexibility index (Phi) is 10.2. The highest BCUT2D eigenvalue weighted by atomic mass is 16.4. The van der Waals surface area contributed by atoms with E-state index in [1.54, 1.807) is 19.9 Å². The molecule has 0 aromatic rings. The zero-order valence-corrected chi connectivity index (χ0v) is 17.4. The van der Waals surface area contributed by atoms with Gasteiger partial charge >= 0.3 is 5.97 Å². The van der Waals surface area contributed by atoms with Crippen molar-refractivity contribution >= 4 is 23.8 Å². The van der Waals surface area contributed by atoms with Gasteiger partial charge in [0, 0.05) is 13.0 Å². The third-order valence-electron chi connectivity index (χ3n) is 4.02. The van der Waals surface area contributed by atoms with Crippen LogP contribution in [0, 0.1) is 5.92 Å². The van der Waals surface area contributed by atoms with E-state index in [1.165, 1.54) is 0 Å². The Hall–Kier alpha value is -3.16. The Morgan fingerprint density at radius 1 is 1.34 bits per heavy atom. The molecule has 0 aromatic carbocycles. The smallest absolute Gasteiger partial charge is 0.303 e. The molecule has 3 N–H and O–H groups in total. The maximum atomic E-state index is 11.1. The first-order valence-corrected chi connectivity index (χ1v) is 9.51. The number of nitrogens with zero attached hydrogens (tertiary/aromatic N) is 3. The summed E-state index contributed by atoms with van der Waals surface area (Å²) in [6, 6.07) is 0. The topological polar surface area (TPSA) is 115 Å². The molecule has 0 saturated heterocycles. The molecule has 0 unspecified atom stereocenters. The van der Waals surface area contributed by atoms with E-state index < -0.39 is 5.97 Å². The number of aliphatic carboxylic acids is 1. The zero-order valence-electron chi connectivity index (χ0n) is 17.4. The Morgan fingerprint density at radius 3 is 2.69 bits per heavy atom. The van der Waals surface area contributed by atoms with E-state index in [2.05, 4.69) is 29.5 Å². The van der Waals surface area contributed by atoms with Crippen molar-refractivity contribution in [3.05, 3.63) is 47.4 Å². The number of carbonyl (C=O) groups excluding carboxylic acids is 1. The summed E-state index contributed by atoms with van der Waals surface area (Å²) in [6.45, 7) is 7.76. The second kappa shape index (κ2) is 12.3. The fourth-order valence-corrected chi connectivity index (χ4v) is 2.26. The van der Waals surface area contributed by atoms with Crippen molar-refractivity contribution < 1.29 is 19.8 Å². The lowest BCUT2D eigenvalue weighted by atomic mass is 10.1. The van der Waals surface area contributed by atoms with Crippen LogP contribution in [0.4, 0.5) is 0 Å². The van der Waals surface area contributed by atoms with Crippen LogP contribution in [0.1, 0.15) is 47.0 Å². The molecule has 1 amide bonds. The maximum absolute atomic E-state index is 11.1. The van der Waals surface area contributed by atoms with E-state index >= 15 is 0 Å². The van der Waals surface area contributed by atoms with Crippen LogP contribution >= 0.6 is 0 Å². The Bertz CT molecular complexity index is 774. The highest BCUT2D eigenvalue weighted by Crippen LogP contribution is 2.19. The first-order chi connectivity index (χ1) is 13.7. The van der Waals surface area contributed by atoms with Crippen LogP contribution in [0.5, 0.6) is 0 Å². The zero-order chi connectivity index (χ0) is 21.8. The third kappa shape index (κ3) is 9.05. The number of hydrogen-bond donors (Lipinski definition) is 3. The van der Waals surface area contributed by atoms with Crippen molar-refractivity contribution in [2.45, 2.75) is 47.0 Å². The van der Waals surface area contributed by atoms with Gasteiger partial charge in [0.1, 0.15) is 5.76 Å². The summed E-state index contributed by atoms with van der Waals surface area (Å²) in [5, 5.41) is 28.8. The lowest BCUT2D eigenvalue weighted by Gasteiger charge is -2.12. The molecule has 158 valence electrons. The quantitative estimate of drug-likeness (QED) is 0.278. The molecule has 8 heteroatoms. The molecular weight excluding hydrogens is 372 g/mol. The van der Waals surface area contributed by atoms with Gasteiger partial charge < -0.3 is 10.2 Å². The van der Waals surface area contributed by atoms with E-state index in [4.69, 9.17) is 5.11 Å². The van der Waals surface area contributed by atoms with E-state index in [0.717, 1.165) is 10.6 Å². The van der Waals surface area contributed by atoms with Crippen molar-refractivity contribution in [3.63, 3.8) is 0 Å². The number of hydrazone groups is 2. The summed E-state index contributed by atoms with van der Waals surface area (Å²) in [5.41, 5.74) is 5.12. The van der Waals surface area contributed by atoms with Crippen LogP contribution in [0.3, 0.4) is 0 Å². The number of carbonyl (C=O) groups is 2. The van der Waals surface area contributed by atoms with Crippen molar-refractivity contribution in [1.29, 1.82) is 0 Å². The number of aliphatic hydroxyl groups excluding tert-OH is 1. The van der Waals surface area contributed by atoms with Crippen LogP contribution in [0.2, 0.25) is 0 Å². The normalized spacial score (nSPS) is 15.6. The van der Waals surface area contributed by atoms with Gasteiger partial charge in [0.05, 0.1) is 17.1 Å². The van der Waals surface area contributed by atoms with E-state index in [-0.39, 0.29) is 18.7 Å². The number of carboxylic acid groups (broad SMARTS) is 1. The lowest BCUT2D eigenvalue weighted by Crippen LogP contribution is -2.22. The third-order valence-corrected chi connectivity index (χ3v) is 4.02. The molecule has 0 bridgehead atoms. The van der Waals surface area contributed by atoms with Crippen LogP contribution in [-0.2, 0) is 9.59 Å². The first kappa shape index (κ1) is 23.9. The molecule has 1 rings (SSSR count). The molecule has 1 aliphatic rings. The largest absolute Gasteiger partial charge is 0.505 e. The minimum atomic E-state index is -0.917. The van der Waals surface area contributed by atoms with Crippen molar-refractivity contribution in [1.82, 2.24) is 10.4 Å². The summed E-state index contributed by atoms with van der Waals surface area (Å²) < 4.78 is 0. The molecule has 0 aliphatic heterocycles. The fourth-order valence-electron chi connectivity index (χ4n) is 2.26. The summed E-state index contributed by atoms with van der Waals surface area (Å²) in [7, 11) is 0. The number of hydrogen-bond acceptors (Lipinski definition) is 6. The highest BCUT2D eigenvalue weighted by Gasteiger charge is 2.11. The second-order valence-corrected chi connectivity index (χ2v) is 6.95. The van der Waals surface area contributed by atoms with E-state index in [1.807, 2.05) is 24.3 Å². The van der Waals surface area contributed by atoms with Crippen LogP contribution < -0.4 is 5.43 Å². The first-order valence-electron chi connectivity index (χ1n) is 9.51.